The summed E-state index contributed by atoms with van der Waals surface area (Å²) in [5.74, 6) is -0.0923. The molecular formula is C28H54N2O7. The molecule has 0 rings (SSSR count). The maximum atomic E-state index is 12.9. The van der Waals surface area contributed by atoms with Gasteiger partial charge in [-0.15, -0.1) is 0 Å². The van der Waals surface area contributed by atoms with E-state index in [-0.39, 0.29) is 6.42 Å². The van der Waals surface area contributed by atoms with Crippen LogP contribution in [0.15, 0.2) is 0 Å². The number of amides is 2. The lowest BCUT2D eigenvalue weighted by atomic mass is 10.0. The summed E-state index contributed by atoms with van der Waals surface area (Å²) >= 11 is 0. The number of aliphatic hydroxyl groups excluding tert-OH is 1. The molecule has 2 atom stereocenters. The predicted molar refractivity (Wildman–Crippen MR) is 145 cm³/mol. The molecule has 0 bridgehead atoms. The van der Waals surface area contributed by atoms with Crippen molar-refractivity contribution in [2.45, 2.75) is 149 Å². The Labute approximate surface area is 224 Å². The second-order valence-corrected chi connectivity index (χ2v) is 12.2. The number of aliphatic hydroxyl groups is 1. The summed E-state index contributed by atoms with van der Waals surface area (Å²) in [7, 11) is 1.16. The molecule has 0 spiro atoms. The molecule has 9 heteroatoms. The van der Waals surface area contributed by atoms with E-state index in [2.05, 4.69) is 19.3 Å². The Morgan fingerprint density at radius 3 is 1.59 bits per heavy atom. The van der Waals surface area contributed by atoms with E-state index in [0.29, 0.717) is 11.4 Å². The van der Waals surface area contributed by atoms with Crippen LogP contribution in [0.5, 0.6) is 0 Å². The first-order chi connectivity index (χ1) is 17.1. The van der Waals surface area contributed by atoms with Gasteiger partial charge in [0.15, 0.2) is 6.04 Å². The molecule has 0 fully saturated rings. The first-order valence-corrected chi connectivity index (χ1v) is 13.8. The Balaban J connectivity index is 4.96. The van der Waals surface area contributed by atoms with Crippen molar-refractivity contribution < 1.29 is 33.7 Å². The number of hydrazine groups is 1. The zero-order valence-corrected chi connectivity index (χ0v) is 24.9. The summed E-state index contributed by atoms with van der Waals surface area (Å²) in [5.41, 5.74) is 0.540. The Hall–Kier alpha value is -2.03. The Morgan fingerprint density at radius 2 is 1.19 bits per heavy atom. The molecule has 0 aromatic carbocycles. The van der Waals surface area contributed by atoms with Gasteiger partial charge in [0, 0.05) is 0 Å². The normalized spacial score (nSPS) is 13.6. The van der Waals surface area contributed by atoms with E-state index in [1.165, 1.54) is 38.5 Å². The molecule has 0 aromatic rings. The lowest BCUT2D eigenvalue weighted by Gasteiger charge is -2.34. The lowest BCUT2D eigenvalue weighted by Crippen LogP contribution is -2.60. The summed E-state index contributed by atoms with van der Waals surface area (Å²) in [5, 5.41) is 11.6. The van der Waals surface area contributed by atoms with E-state index in [1.807, 2.05) is 0 Å². The van der Waals surface area contributed by atoms with E-state index in [0.717, 1.165) is 32.3 Å². The second-order valence-electron chi connectivity index (χ2n) is 12.2. The first kappa shape index (κ1) is 35.0. The molecular weight excluding hydrogens is 476 g/mol. The highest BCUT2D eigenvalue weighted by atomic mass is 16.6. The van der Waals surface area contributed by atoms with Crippen molar-refractivity contribution in [1.82, 2.24) is 10.4 Å². The van der Waals surface area contributed by atoms with Gasteiger partial charge in [0.1, 0.15) is 11.2 Å². The Bertz CT molecular complexity index is 668. The summed E-state index contributed by atoms with van der Waals surface area (Å²) in [4.78, 5) is 38.0. The number of ether oxygens (including phenoxy) is 3. The smallest absolute Gasteiger partial charge is 0.430 e. The molecule has 0 unspecified atom stereocenters. The number of hydrogen-bond donors (Lipinski definition) is 2. The number of carbonyl (C=O) groups is 3. The van der Waals surface area contributed by atoms with Gasteiger partial charge >= 0.3 is 18.2 Å². The number of unbranched alkanes of at least 4 members (excludes halogenated alkanes) is 8. The molecule has 0 saturated carbocycles. The third-order valence-corrected chi connectivity index (χ3v) is 5.57. The van der Waals surface area contributed by atoms with Gasteiger partial charge in [-0.1, -0.05) is 78.1 Å². The van der Waals surface area contributed by atoms with Crippen molar-refractivity contribution in [3.8, 4) is 0 Å². The number of nitrogens with one attached hydrogen (secondary N) is 1. The molecule has 0 aliphatic carbocycles. The molecule has 0 heterocycles. The fourth-order valence-corrected chi connectivity index (χ4v) is 3.80. The van der Waals surface area contributed by atoms with Gasteiger partial charge in [0.2, 0.25) is 0 Å². The second kappa shape index (κ2) is 17.5. The van der Waals surface area contributed by atoms with Crippen LogP contribution < -0.4 is 5.43 Å². The SMILES string of the molecule is COC(=O)[C@@H]([C@H](O)CCCCCCCCCCCC(C)C)N(NC(=O)OC(C)(C)C)C(=O)OC(C)(C)C. The van der Waals surface area contributed by atoms with Crippen LogP contribution in [0.2, 0.25) is 0 Å². The van der Waals surface area contributed by atoms with E-state index >= 15 is 0 Å². The van der Waals surface area contributed by atoms with Crippen molar-refractivity contribution in [3.63, 3.8) is 0 Å². The molecule has 0 aliphatic rings. The van der Waals surface area contributed by atoms with E-state index in [1.54, 1.807) is 41.5 Å². The van der Waals surface area contributed by atoms with Crippen molar-refractivity contribution in [2.75, 3.05) is 7.11 Å². The average Bonchev–Trinajstić information content (AvgIpc) is 2.74. The topological polar surface area (TPSA) is 114 Å². The first-order valence-electron chi connectivity index (χ1n) is 13.8. The third-order valence-electron chi connectivity index (χ3n) is 5.57. The molecule has 0 aromatic heterocycles. The summed E-state index contributed by atoms with van der Waals surface area (Å²) in [6.07, 6.45) is 8.37. The van der Waals surface area contributed by atoms with E-state index < -0.39 is 41.5 Å². The lowest BCUT2D eigenvalue weighted by molar-refractivity contribution is -0.153. The van der Waals surface area contributed by atoms with Gasteiger partial charge in [0.05, 0.1) is 13.2 Å². The van der Waals surface area contributed by atoms with Gasteiger partial charge in [-0.25, -0.2) is 19.8 Å². The highest BCUT2D eigenvalue weighted by Crippen LogP contribution is 2.19. The van der Waals surface area contributed by atoms with Gasteiger partial charge in [-0.2, -0.15) is 5.01 Å². The quantitative estimate of drug-likeness (QED) is 0.107. The maximum absolute atomic E-state index is 12.9. The standard InChI is InChI=1S/C28H54N2O7/c1-21(2)19-17-15-13-11-10-12-14-16-18-20-22(31)23(24(32)35-9)30(26(34)37-28(6,7)8)29-25(33)36-27(3,4)5/h21-23,31H,10-20H2,1-9H3,(H,29,33)/t22-,23-/m1/s1. The number of rotatable bonds is 15. The highest BCUT2D eigenvalue weighted by molar-refractivity contribution is 5.83. The van der Waals surface area contributed by atoms with Crippen LogP contribution >= 0.6 is 0 Å². The number of carbonyl (C=O) groups excluding carboxylic acids is 3. The van der Waals surface area contributed by atoms with Crippen molar-refractivity contribution in [3.05, 3.63) is 0 Å². The summed E-state index contributed by atoms with van der Waals surface area (Å²) in [6, 6.07) is -1.49. The maximum Gasteiger partial charge on any atom is 0.430 e. The molecule has 2 N–H and O–H groups in total. The molecule has 0 radical (unpaired) electrons. The molecule has 0 saturated heterocycles. The van der Waals surface area contributed by atoms with Gasteiger partial charge in [0.25, 0.3) is 0 Å². The van der Waals surface area contributed by atoms with Gasteiger partial charge in [-0.05, 0) is 53.9 Å². The predicted octanol–water partition coefficient (Wildman–Crippen LogP) is 6.51. The average molecular weight is 531 g/mol. The van der Waals surface area contributed by atoms with Gasteiger partial charge < -0.3 is 19.3 Å². The molecule has 9 nitrogen and oxygen atoms in total. The Morgan fingerprint density at radius 1 is 0.757 bits per heavy atom. The van der Waals surface area contributed by atoms with Crippen LogP contribution in [-0.4, -0.2) is 58.7 Å². The van der Waals surface area contributed by atoms with Crippen LogP contribution in [0, 0.1) is 5.92 Å². The highest BCUT2D eigenvalue weighted by Gasteiger charge is 2.40. The largest absolute Gasteiger partial charge is 0.467 e. The molecule has 37 heavy (non-hydrogen) atoms. The minimum absolute atomic E-state index is 0.254. The van der Waals surface area contributed by atoms with Crippen LogP contribution in [0.1, 0.15) is 126 Å². The van der Waals surface area contributed by atoms with Crippen LogP contribution in [0.4, 0.5) is 9.59 Å². The zero-order valence-electron chi connectivity index (χ0n) is 24.9. The van der Waals surface area contributed by atoms with Crippen molar-refractivity contribution in [1.29, 1.82) is 0 Å². The summed E-state index contributed by atoms with van der Waals surface area (Å²) < 4.78 is 15.5. The minimum atomic E-state index is -1.49. The van der Waals surface area contributed by atoms with Gasteiger partial charge in [-0.3, -0.25) is 0 Å². The molecule has 0 aliphatic heterocycles. The van der Waals surface area contributed by atoms with E-state index in [4.69, 9.17) is 14.2 Å². The molecule has 218 valence electrons. The third kappa shape index (κ3) is 18.0. The summed E-state index contributed by atoms with van der Waals surface area (Å²) in [6.45, 7) is 14.5. The number of hydrogen-bond acceptors (Lipinski definition) is 7. The van der Waals surface area contributed by atoms with Crippen LogP contribution in [0.3, 0.4) is 0 Å². The number of nitrogens with zero attached hydrogens (tertiary/aromatic N) is 1. The van der Waals surface area contributed by atoms with Crippen LogP contribution in [0.25, 0.3) is 0 Å². The number of esters is 1. The zero-order chi connectivity index (χ0) is 28.6. The fraction of sp³-hybridized carbons (Fsp3) is 0.893. The molecule has 2 amide bonds. The van der Waals surface area contributed by atoms with E-state index in [9.17, 15) is 19.5 Å². The van der Waals surface area contributed by atoms with Crippen LogP contribution in [-0.2, 0) is 19.0 Å². The monoisotopic (exact) mass is 530 g/mol. The Kier molecular flexibility index (Phi) is 16.5. The minimum Gasteiger partial charge on any atom is -0.467 e. The van der Waals surface area contributed by atoms with Crippen molar-refractivity contribution in [2.24, 2.45) is 5.92 Å². The number of methoxy groups -OCH3 is 1. The fourth-order valence-electron chi connectivity index (χ4n) is 3.80. The van der Waals surface area contributed by atoms with Crippen molar-refractivity contribution >= 4 is 18.2 Å².